The highest BCUT2D eigenvalue weighted by Crippen LogP contribution is 2.20. The Labute approximate surface area is 135 Å². The number of carbonyl (C=O) groups excluding carboxylic acids is 1. The van der Waals surface area contributed by atoms with Crippen LogP contribution >= 0.6 is 0 Å². The third-order valence-corrected chi connectivity index (χ3v) is 3.54. The Kier molecular flexibility index (Phi) is 4.38. The first kappa shape index (κ1) is 14.8. The summed E-state index contributed by atoms with van der Waals surface area (Å²) in [6, 6.07) is 17.2. The van der Waals surface area contributed by atoms with E-state index >= 15 is 0 Å². The monoisotopic (exact) mass is 306 g/mol. The predicted octanol–water partition coefficient (Wildman–Crippen LogP) is 3.83. The average molecular weight is 306 g/mol. The molecule has 0 aliphatic carbocycles. The Morgan fingerprint density at radius 3 is 2.52 bits per heavy atom. The van der Waals surface area contributed by atoms with Gasteiger partial charge >= 0.3 is 0 Å². The Balaban J connectivity index is 1.69. The summed E-state index contributed by atoms with van der Waals surface area (Å²) < 4.78 is 1.77. The number of nitrogens with zero attached hydrogens (tertiary/aromatic N) is 2. The molecule has 0 saturated carbocycles. The molecule has 0 saturated heterocycles. The Bertz CT molecular complexity index is 769. The number of carbonyl (C=O) groups is 1. The fourth-order valence-electron chi connectivity index (χ4n) is 2.24. The molecule has 0 radical (unpaired) electrons. The van der Waals surface area contributed by atoms with Gasteiger partial charge < -0.3 is 15.2 Å². The van der Waals surface area contributed by atoms with Crippen LogP contribution in [-0.2, 0) is 4.79 Å². The lowest BCUT2D eigenvalue weighted by molar-refractivity contribution is -0.118. The van der Waals surface area contributed by atoms with Crippen LogP contribution in [0.5, 0.6) is 0 Å². The molecule has 3 rings (SSSR count). The number of rotatable bonds is 5. The molecule has 1 aromatic heterocycles. The molecular formula is C18H18N4O. The van der Waals surface area contributed by atoms with E-state index < -0.39 is 0 Å². The molecule has 0 fully saturated rings. The molecule has 23 heavy (non-hydrogen) atoms. The fraction of sp³-hybridized carbons (Fsp3) is 0.111. The van der Waals surface area contributed by atoms with E-state index in [4.69, 9.17) is 0 Å². The van der Waals surface area contributed by atoms with Crippen LogP contribution in [0.25, 0.3) is 0 Å². The zero-order valence-corrected chi connectivity index (χ0v) is 12.8. The summed E-state index contributed by atoms with van der Waals surface area (Å²) in [5, 5.41) is 6.24. The molecule has 1 atom stereocenters. The third kappa shape index (κ3) is 3.77. The largest absolute Gasteiger partial charge is 0.355 e. The first-order valence-corrected chi connectivity index (χ1v) is 7.43. The number of benzene rings is 2. The van der Waals surface area contributed by atoms with Crippen LogP contribution in [0.4, 0.5) is 17.1 Å². The lowest BCUT2D eigenvalue weighted by atomic mass is 10.2. The molecular weight excluding hydrogens is 288 g/mol. The molecule has 1 amide bonds. The van der Waals surface area contributed by atoms with Gasteiger partial charge in [0.15, 0.2) is 0 Å². The normalized spacial score (nSPS) is 11.7. The molecule has 5 nitrogen and oxygen atoms in total. The Morgan fingerprint density at radius 1 is 1.04 bits per heavy atom. The van der Waals surface area contributed by atoms with Crippen molar-refractivity contribution in [2.24, 2.45) is 0 Å². The number of hydrogen-bond donors (Lipinski definition) is 2. The van der Waals surface area contributed by atoms with Crippen LogP contribution < -0.4 is 10.6 Å². The lowest BCUT2D eigenvalue weighted by Gasteiger charge is -2.14. The van der Waals surface area contributed by atoms with Crippen molar-refractivity contribution < 1.29 is 4.79 Å². The van der Waals surface area contributed by atoms with Gasteiger partial charge in [-0.25, -0.2) is 4.98 Å². The van der Waals surface area contributed by atoms with E-state index in [-0.39, 0.29) is 11.9 Å². The van der Waals surface area contributed by atoms with Crippen LogP contribution in [0.3, 0.4) is 0 Å². The average Bonchev–Trinajstić information content (AvgIpc) is 3.10. The summed E-state index contributed by atoms with van der Waals surface area (Å²) in [6.07, 6.45) is 5.07. The van der Waals surface area contributed by atoms with Crippen LogP contribution in [0.2, 0.25) is 0 Å². The molecule has 5 heteroatoms. The van der Waals surface area contributed by atoms with Crippen molar-refractivity contribution in [3.05, 3.63) is 73.3 Å². The summed E-state index contributed by atoms with van der Waals surface area (Å²) in [5.74, 6) is -0.0835. The van der Waals surface area contributed by atoms with E-state index in [0.29, 0.717) is 0 Å². The lowest BCUT2D eigenvalue weighted by Crippen LogP contribution is -2.22. The van der Waals surface area contributed by atoms with Crippen LogP contribution in [-0.4, -0.2) is 15.5 Å². The highest BCUT2D eigenvalue weighted by molar-refractivity contribution is 5.94. The molecule has 116 valence electrons. The highest BCUT2D eigenvalue weighted by atomic mass is 16.2. The number of nitrogens with one attached hydrogen (secondary N) is 2. The molecule has 0 aliphatic heterocycles. The highest BCUT2D eigenvalue weighted by Gasteiger charge is 2.14. The van der Waals surface area contributed by atoms with Crippen LogP contribution in [0.15, 0.2) is 73.3 Å². The van der Waals surface area contributed by atoms with Gasteiger partial charge in [-0.2, -0.15) is 0 Å². The van der Waals surface area contributed by atoms with Crippen molar-refractivity contribution in [2.45, 2.75) is 13.0 Å². The van der Waals surface area contributed by atoms with E-state index in [1.54, 1.807) is 23.3 Å². The third-order valence-electron chi connectivity index (χ3n) is 3.54. The zero-order chi connectivity index (χ0) is 16.1. The van der Waals surface area contributed by atoms with E-state index in [1.165, 1.54) is 0 Å². The van der Waals surface area contributed by atoms with Gasteiger partial charge in [-0.1, -0.05) is 24.3 Å². The van der Waals surface area contributed by atoms with Crippen molar-refractivity contribution in [1.29, 1.82) is 0 Å². The molecule has 0 unspecified atom stereocenters. The molecule has 0 aliphatic rings. The molecule has 2 aromatic carbocycles. The summed E-state index contributed by atoms with van der Waals surface area (Å²) in [6.45, 7) is 1.84. The number of anilines is 3. The van der Waals surface area contributed by atoms with Gasteiger partial charge in [0.05, 0.1) is 6.33 Å². The molecule has 0 spiro atoms. The molecule has 3 aromatic rings. The second kappa shape index (κ2) is 6.79. The van der Waals surface area contributed by atoms with E-state index in [2.05, 4.69) is 15.6 Å². The maximum Gasteiger partial charge on any atom is 0.247 e. The van der Waals surface area contributed by atoms with Gasteiger partial charge in [-0.3, -0.25) is 4.79 Å². The number of imidazole rings is 1. The van der Waals surface area contributed by atoms with Crippen molar-refractivity contribution in [3.8, 4) is 0 Å². The minimum atomic E-state index is -0.316. The predicted molar refractivity (Wildman–Crippen MR) is 91.7 cm³/mol. The summed E-state index contributed by atoms with van der Waals surface area (Å²) in [5.41, 5.74) is 2.68. The van der Waals surface area contributed by atoms with Crippen molar-refractivity contribution in [1.82, 2.24) is 9.55 Å². The topological polar surface area (TPSA) is 59.0 Å². The van der Waals surface area contributed by atoms with Gasteiger partial charge in [0, 0.05) is 29.5 Å². The number of aromatic nitrogens is 2. The summed E-state index contributed by atoms with van der Waals surface area (Å²) in [4.78, 5) is 16.3. The van der Waals surface area contributed by atoms with Gasteiger partial charge in [-0.15, -0.1) is 0 Å². The smallest absolute Gasteiger partial charge is 0.247 e. The SMILES string of the molecule is C[C@@H](C(=O)Nc1cccc(Nc2ccccc2)c1)n1ccnc1. The molecule has 2 N–H and O–H groups in total. The van der Waals surface area contributed by atoms with Gasteiger partial charge in [0.2, 0.25) is 5.91 Å². The van der Waals surface area contributed by atoms with E-state index in [0.717, 1.165) is 17.1 Å². The summed E-state index contributed by atoms with van der Waals surface area (Å²) in [7, 11) is 0. The van der Waals surface area contributed by atoms with Crippen LogP contribution in [0.1, 0.15) is 13.0 Å². The van der Waals surface area contributed by atoms with Gasteiger partial charge in [0.25, 0.3) is 0 Å². The summed E-state index contributed by atoms with van der Waals surface area (Å²) >= 11 is 0. The molecule has 1 heterocycles. The minimum absolute atomic E-state index is 0.0835. The Hall–Kier alpha value is -3.08. The quantitative estimate of drug-likeness (QED) is 0.753. The van der Waals surface area contributed by atoms with Crippen LogP contribution in [0, 0.1) is 0 Å². The number of para-hydroxylation sites is 1. The van der Waals surface area contributed by atoms with E-state index in [9.17, 15) is 4.79 Å². The number of hydrogen-bond acceptors (Lipinski definition) is 3. The zero-order valence-electron chi connectivity index (χ0n) is 12.8. The van der Waals surface area contributed by atoms with Gasteiger partial charge in [0.1, 0.15) is 6.04 Å². The second-order valence-corrected chi connectivity index (χ2v) is 5.25. The van der Waals surface area contributed by atoms with E-state index in [1.807, 2.05) is 61.5 Å². The molecule has 0 bridgehead atoms. The standard InChI is InChI=1S/C18H18N4O/c1-14(22-11-10-19-13-22)18(23)21-17-9-5-8-16(12-17)20-15-6-3-2-4-7-15/h2-14,20H,1H3,(H,21,23)/t14-/m0/s1. The van der Waals surface area contributed by atoms with Crippen molar-refractivity contribution >= 4 is 23.0 Å². The first-order valence-electron chi connectivity index (χ1n) is 7.43. The van der Waals surface area contributed by atoms with Gasteiger partial charge in [-0.05, 0) is 37.3 Å². The van der Waals surface area contributed by atoms with Crippen molar-refractivity contribution in [3.63, 3.8) is 0 Å². The second-order valence-electron chi connectivity index (χ2n) is 5.25. The minimum Gasteiger partial charge on any atom is -0.355 e. The first-order chi connectivity index (χ1) is 11.2. The maximum absolute atomic E-state index is 12.3. The van der Waals surface area contributed by atoms with Crippen molar-refractivity contribution in [2.75, 3.05) is 10.6 Å². The Morgan fingerprint density at radius 2 is 1.78 bits per heavy atom. The fourth-order valence-corrected chi connectivity index (χ4v) is 2.24. The number of amides is 1. The maximum atomic E-state index is 12.3.